The average molecular weight is 438 g/mol. The van der Waals surface area contributed by atoms with Gasteiger partial charge < -0.3 is 16.0 Å². The Kier molecular flexibility index (Phi) is 6.55. The predicted molar refractivity (Wildman–Crippen MR) is 124 cm³/mol. The molecule has 1 aromatic heterocycles. The summed E-state index contributed by atoms with van der Waals surface area (Å²) in [5.41, 5.74) is 3.42. The Labute approximate surface area is 186 Å². The van der Waals surface area contributed by atoms with Gasteiger partial charge >= 0.3 is 0 Å². The highest BCUT2D eigenvalue weighted by atomic mass is 35.5. The quantitative estimate of drug-likeness (QED) is 0.452. The third kappa shape index (κ3) is 4.73. The molecule has 31 heavy (non-hydrogen) atoms. The molecule has 0 amide bonds. The van der Waals surface area contributed by atoms with Crippen molar-refractivity contribution in [3.8, 4) is 6.07 Å². The molecule has 160 valence electrons. The van der Waals surface area contributed by atoms with E-state index in [4.69, 9.17) is 11.6 Å². The van der Waals surface area contributed by atoms with E-state index in [0.29, 0.717) is 28.9 Å². The van der Waals surface area contributed by atoms with Gasteiger partial charge in [0, 0.05) is 29.0 Å². The van der Waals surface area contributed by atoms with Crippen molar-refractivity contribution in [2.45, 2.75) is 32.2 Å². The summed E-state index contributed by atoms with van der Waals surface area (Å²) in [6, 6.07) is 13.0. The van der Waals surface area contributed by atoms with Crippen molar-refractivity contribution < 1.29 is 4.39 Å². The molecule has 2 heterocycles. The summed E-state index contributed by atoms with van der Waals surface area (Å²) in [7, 11) is 0. The molecule has 0 radical (unpaired) electrons. The molecule has 1 fully saturated rings. The first-order chi connectivity index (χ1) is 15.1. The molecule has 2 unspecified atom stereocenters. The van der Waals surface area contributed by atoms with E-state index in [0.717, 1.165) is 42.5 Å². The molecular formula is C24H25ClFN5. The molecule has 0 bridgehead atoms. The van der Waals surface area contributed by atoms with Gasteiger partial charge in [0.1, 0.15) is 11.9 Å². The topological polar surface area (TPSA) is 72.8 Å². The Morgan fingerprint density at radius 2 is 2.10 bits per heavy atom. The number of anilines is 3. The Bertz CT molecular complexity index is 1120. The van der Waals surface area contributed by atoms with Gasteiger partial charge in [0.05, 0.1) is 21.8 Å². The maximum Gasteiger partial charge on any atom is 0.141 e. The van der Waals surface area contributed by atoms with Crippen LogP contribution in [0.15, 0.2) is 42.6 Å². The van der Waals surface area contributed by atoms with Crippen molar-refractivity contribution in [1.82, 2.24) is 10.3 Å². The number of rotatable bonds is 6. The fraction of sp³-hybridized carbons (Fsp3) is 0.333. The molecule has 5 nitrogen and oxygen atoms in total. The minimum Gasteiger partial charge on any atom is -0.382 e. The van der Waals surface area contributed by atoms with Gasteiger partial charge in [-0.1, -0.05) is 24.9 Å². The highest BCUT2D eigenvalue weighted by Gasteiger charge is 2.24. The minimum absolute atomic E-state index is 0.0251. The molecule has 2 atom stereocenters. The number of hydrogen-bond donors (Lipinski definition) is 3. The van der Waals surface area contributed by atoms with Crippen LogP contribution in [0.25, 0.3) is 10.9 Å². The van der Waals surface area contributed by atoms with Crippen LogP contribution in [0.2, 0.25) is 5.02 Å². The molecule has 1 aliphatic rings. The van der Waals surface area contributed by atoms with E-state index in [1.807, 2.05) is 18.2 Å². The Morgan fingerprint density at radius 3 is 2.87 bits per heavy atom. The highest BCUT2D eigenvalue weighted by Crippen LogP contribution is 2.33. The molecule has 3 N–H and O–H groups in total. The molecule has 4 rings (SSSR count). The van der Waals surface area contributed by atoms with Crippen molar-refractivity contribution in [3.63, 3.8) is 0 Å². The van der Waals surface area contributed by atoms with Gasteiger partial charge in [-0.15, -0.1) is 0 Å². The lowest BCUT2D eigenvalue weighted by atomic mass is 9.89. The van der Waals surface area contributed by atoms with Gasteiger partial charge in [-0.25, -0.2) is 4.39 Å². The number of pyridine rings is 1. The summed E-state index contributed by atoms with van der Waals surface area (Å²) in [6.07, 6.45) is 4.95. The fourth-order valence-electron chi connectivity index (χ4n) is 4.22. The van der Waals surface area contributed by atoms with Gasteiger partial charge in [0.15, 0.2) is 0 Å². The normalized spacial score (nSPS) is 18.5. The number of halogens is 2. The van der Waals surface area contributed by atoms with Crippen molar-refractivity contribution in [2.24, 2.45) is 5.92 Å². The van der Waals surface area contributed by atoms with E-state index in [1.165, 1.54) is 18.6 Å². The van der Waals surface area contributed by atoms with Crippen molar-refractivity contribution in [1.29, 1.82) is 5.26 Å². The number of piperidine rings is 1. The number of aromatic nitrogens is 1. The number of benzene rings is 2. The Hall–Kier alpha value is -2.88. The monoisotopic (exact) mass is 437 g/mol. The smallest absolute Gasteiger partial charge is 0.141 e. The molecule has 1 aliphatic heterocycles. The molecule has 7 heteroatoms. The summed E-state index contributed by atoms with van der Waals surface area (Å²) in [4.78, 5) is 4.43. The first-order valence-electron chi connectivity index (χ1n) is 10.6. The molecular weight excluding hydrogens is 413 g/mol. The van der Waals surface area contributed by atoms with Crippen molar-refractivity contribution in [3.05, 3.63) is 59.0 Å². The zero-order valence-electron chi connectivity index (χ0n) is 17.4. The van der Waals surface area contributed by atoms with Crippen LogP contribution in [0.1, 0.15) is 31.7 Å². The molecule has 3 aromatic rings. The molecule has 2 aromatic carbocycles. The lowest BCUT2D eigenvalue weighted by molar-refractivity contribution is 0.324. The van der Waals surface area contributed by atoms with E-state index in [9.17, 15) is 9.65 Å². The lowest BCUT2D eigenvalue weighted by Crippen LogP contribution is -2.43. The molecule has 0 spiro atoms. The van der Waals surface area contributed by atoms with Crippen molar-refractivity contribution in [2.75, 3.05) is 23.7 Å². The Balaban J connectivity index is 1.69. The first-order valence-corrected chi connectivity index (χ1v) is 11.0. The SMILES string of the molecule is CCCC1CNCCC1Nc1ccc2ncc(C#N)c(Nc3ccc(F)c(Cl)c3)c2c1. The van der Waals surface area contributed by atoms with Crippen LogP contribution in [-0.4, -0.2) is 24.1 Å². The third-order valence-electron chi connectivity index (χ3n) is 5.80. The van der Waals surface area contributed by atoms with Gasteiger partial charge in [-0.05, 0) is 68.2 Å². The van der Waals surface area contributed by atoms with Crippen LogP contribution >= 0.6 is 11.6 Å². The fourth-order valence-corrected chi connectivity index (χ4v) is 4.40. The summed E-state index contributed by atoms with van der Waals surface area (Å²) < 4.78 is 13.6. The van der Waals surface area contributed by atoms with E-state index < -0.39 is 5.82 Å². The van der Waals surface area contributed by atoms with Gasteiger partial charge in [-0.2, -0.15) is 5.26 Å². The second-order valence-corrected chi connectivity index (χ2v) is 8.34. The lowest BCUT2D eigenvalue weighted by Gasteiger charge is -2.33. The standard InChI is InChI=1S/C24H25ClFN5/c1-2-3-15-13-28-9-8-22(15)30-17-5-7-23-19(10-17)24(16(12-27)14-29-23)31-18-4-6-21(26)20(25)11-18/h4-7,10-11,14-15,22,28,30H,2-3,8-9,13H2,1H3,(H,29,31). The molecule has 0 aliphatic carbocycles. The second-order valence-electron chi connectivity index (χ2n) is 7.94. The maximum atomic E-state index is 13.6. The van der Waals surface area contributed by atoms with E-state index >= 15 is 0 Å². The summed E-state index contributed by atoms with van der Waals surface area (Å²) >= 11 is 5.94. The maximum absolute atomic E-state index is 13.6. The summed E-state index contributed by atoms with van der Waals surface area (Å²) in [6.45, 7) is 4.25. The molecule has 1 saturated heterocycles. The van der Waals surface area contributed by atoms with Crippen LogP contribution in [0.4, 0.5) is 21.5 Å². The zero-order chi connectivity index (χ0) is 21.8. The van der Waals surface area contributed by atoms with E-state index in [-0.39, 0.29) is 5.02 Å². The van der Waals surface area contributed by atoms with Crippen LogP contribution < -0.4 is 16.0 Å². The summed E-state index contributed by atoms with van der Waals surface area (Å²) in [5, 5.41) is 20.9. The number of nitrogens with one attached hydrogen (secondary N) is 3. The average Bonchev–Trinajstić information content (AvgIpc) is 2.78. The van der Waals surface area contributed by atoms with Crippen LogP contribution in [0, 0.1) is 23.1 Å². The Morgan fingerprint density at radius 1 is 1.26 bits per heavy atom. The van der Waals surface area contributed by atoms with Crippen molar-refractivity contribution >= 4 is 39.6 Å². The predicted octanol–water partition coefficient (Wildman–Crippen LogP) is 5.83. The minimum atomic E-state index is -0.484. The van der Waals surface area contributed by atoms with E-state index in [1.54, 1.807) is 12.3 Å². The number of nitriles is 1. The van der Waals surface area contributed by atoms with Gasteiger partial charge in [-0.3, -0.25) is 4.98 Å². The zero-order valence-corrected chi connectivity index (χ0v) is 18.1. The summed E-state index contributed by atoms with van der Waals surface area (Å²) in [5.74, 6) is 0.0966. The van der Waals surface area contributed by atoms with Crippen LogP contribution in [0.5, 0.6) is 0 Å². The second kappa shape index (κ2) is 9.51. The number of fused-ring (bicyclic) bond motifs is 1. The molecule has 0 saturated carbocycles. The van der Waals surface area contributed by atoms with Gasteiger partial charge in [0.25, 0.3) is 0 Å². The van der Waals surface area contributed by atoms with E-state index in [2.05, 4.69) is 33.9 Å². The first kappa shape index (κ1) is 21.4. The number of nitrogens with zero attached hydrogens (tertiary/aromatic N) is 2. The van der Waals surface area contributed by atoms with Crippen LogP contribution in [-0.2, 0) is 0 Å². The van der Waals surface area contributed by atoms with Gasteiger partial charge in [0.2, 0.25) is 0 Å². The largest absolute Gasteiger partial charge is 0.382 e. The highest BCUT2D eigenvalue weighted by molar-refractivity contribution is 6.31. The third-order valence-corrected chi connectivity index (χ3v) is 6.09. The number of hydrogen-bond acceptors (Lipinski definition) is 5. The van der Waals surface area contributed by atoms with Crippen LogP contribution in [0.3, 0.4) is 0 Å².